The third kappa shape index (κ3) is 4.59. The molecular weight excluding hydrogens is 396 g/mol. The maximum Gasteiger partial charge on any atom is 0.329 e. The molecule has 0 aromatic heterocycles. The number of nitrogens with zero attached hydrogens (tertiary/aromatic N) is 3. The molecule has 2 saturated heterocycles. The third-order valence-corrected chi connectivity index (χ3v) is 6.58. The molecule has 0 bridgehead atoms. The smallest absolute Gasteiger partial charge is 0.329 e. The Hall–Kier alpha value is -2.46. The van der Waals surface area contributed by atoms with Crippen LogP contribution in [0.15, 0.2) is 24.3 Å². The summed E-state index contributed by atoms with van der Waals surface area (Å²) in [6.45, 7) is 5.09. The minimum atomic E-state index is -3.28. The molecule has 10 heteroatoms. The average Bonchev–Trinajstić information content (AvgIpc) is 2.94. The zero-order valence-electron chi connectivity index (χ0n) is 16.8. The third-order valence-electron chi connectivity index (χ3n) is 5.28. The number of carbonyl (C=O) groups excluding carboxylic acids is 3. The standard InChI is InChI=1S/C19H26N4O5S/c1-13(2)14-4-6-15(7-5-14)23-18(25)16(20-19(23)26)12-17(24)21-8-10-22(11-9-21)29(3,27)28/h4-7,13,16H,8-12H2,1-3H3,(H,20,26). The van der Waals surface area contributed by atoms with Gasteiger partial charge in [-0.3, -0.25) is 9.59 Å². The van der Waals surface area contributed by atoms with Crippen molar-refractivity contribution in [2.24, 2.45) is 0 Å². The van der Waals surface area contributed by atoms with Gasteiger partial charge in [0.2, 0.25) is 15.9 Å². The molecule has 3 rings (SSSR count). The van der Waals surface area contributed by atoms with Crippen molar-refractivity contribution in [1.82, 2.24) is 14.5 Å². The summed E-state index contributed by atoms with van der Waals surface area (Å²) >= 11 is 0. The van der Waals surface area contributed by atoms with E-state index < -0.39 is 28.0 Å². The first-order valence-electron chi connectivity index (χ1n) is 9.55. The number of amides is 4. The first-order chi connectivity index (χ1) is 13.6. The van der Waals surface area contributed by atoms with E-state index in [0.29, 0.717) is 11.6 Å². The number of nitrogens with one attached hydrogen (secondary N) is 1. The molecule has 2 heterocycles. The van der Waals surface area contributed by atoms with Gasteiger partial charge in [0, 0.05) is 26.2 Å². The fourth-order valence-electron chi connectivity index (χ4n) is 3.50. The molecule has 2 fully saturated rings. The highest BCUT2D eigenvalue weighted by atomic mass is 32.2. The first-order valence-corrected chi connectivity index (χ1v) is 11.4. The Morgan fingerprint density at radius 3 is 2.21 bits per heavy atom. The van der Waals surface area contributed by atoms with Gasteiger partial charge in [0.15, 0.2) is 0 Å². The summed E-state index contributed by atoms with van der Waals surface area (Å²) in [4.78, 5) is 40.2. The SMILES string of the molecule is CC(C)c1ccc(N2C(=O)NC(CC(=O)N3CCN(S(C)(=O)=O)CC3)C2=O)cc1. The van der Waals surface area contributed by atoms with Crippen LogP contribution in [-0.2, 0) is 19.6 Å². The second kappa shape index (κ2) is 8.11. The number of carbonyl (C=O) groups is 3. The van der Waals surface area contributed by atoms with Crippen LogP contribution in [0.5, 0.6) is 0 Å². The lowest BCUT2D eigenvalue weighted by molar-refractivity contribution is -0.134. The van der Waals surface area contributed by atoms with E-state index in [1.54, 1.807) is 12.1 Å². The maximum atomic E-state index is 12.7. The van der Waals surface area contributed by atoms with Gasteiger partial charge in [-0.2, -0.15) is 4.31 Å². The number of sulfonamides is 1. The number of piperazine rings is 1. The van der Waals surface area contributed by atoms with Crippen LogP contribution < -0.4 is 10.2 Å². The first kappa shape index (κ1) is 21.3. The summed E-state index contributed by atoms with van der Waals surface area (Å²) in [5, 5.41) is 2.58. The van der Waals surface area contributed by atoms with E-state index in [9.17, 15) is 22.8 Å². The predicted octanol–water partition coefficient (Wildman–Crippen LogP) is 0.729. The summed E-state index contributed by atoms with van der Waals surface area (Å²) in [5.41, 5.74) is 1.56. The lowest BCUT2D eigenvalue weighted by Gasteiger charge is -2.33. The number of hydrogen-bond donors (Lipinski definition) is 1. The molecule has 1 aromatic carbocycles. The van der Waals surface area contributed by atoms with Crippen LogP contribution in [0.2, 0.25) is 0 Å². The second-order valence-electron chi connectivity index (χ2n) is 7.67. The van der Waals surface area contributed by atoms with E-state index in [1.807, 2.05) is 12.1 Å². The normalized spacial score (nSPS) is 21.0. The minimum absolute atomic E-state index is 0.149. The van der Waals surface area contributed by atoms with Crippen molar-refractivity contribution in [3.63, 3.8) is 0 Å². The van der Waals surface area contributed by atoms with Gasteiger partial charge in [0.05, 0.1) is 18.4 Å². The molecular formula is C19H26N4O5S. The van der Waals surface area contributed by atoms with E-state index in [-0.39, 0.29) is 38.5 Å². The van der Waals surface area contributed by atoms with E-state index >= 15 is 0 Å². The summed E-state index contributed by atoms with van der Waals surface area (Å²) in [6, 6.07) is 5.73. The Labute approximate surface area is 170 Å². The number of hydrogen-bond acceptors (Lipinski definition) is 5. The Balaban J connectivity index is 1.62. The zero-order chi connectivity index (χ0) is 21.3. The van der Waals surface area contributed by atoms with Gasteiger partial charge in [-0.05, 0) is 23.6 Å². The predicted molar refractivity (Wildman–Crippen MR) is 108 cm³/mol. The number of imide groups is 1. The zero-order valence-corrected chi connectivity index (χ0v) is 17.6. The molecule has 2 aliphatic heterocycles. The van der Waals surface area contributed by atoms with Crippen molar-refractivity contribution >= 4 is 33.6 Å². The Bertz CT molecular complexity index is 905. The van der Waals surface area contributed by atoms with Crippen LogP contribution in [0.3, 0.4) is 0 Å². The maximum absolute atomic E-state index is 12.7. The Morgan fingerprint density at radius 1 is 1.10 bits per heavy atom. The van der Waals surface area contributed by atoms with Crippen LogP contribution in [0.1, 0.15) is 31.7 Å². The number of urea groups is 1. The highest BCUT2D eigenvalue weighted by molar-refractivity contribution is 7.88. The van der Waals surface area contributed by atoms with Crippen LogP contribution in [0, 0.1) is 0 Å². The molecule has 1 N–H and O–H groups in total. The van der Waals surface area contributed by atoms with E-state index in [4.69, 9.17) is 0 Å². The van der Waals surface area contributed by atoms with Gasteiger partial charge >= 0.3 is 6.03 Å². The molecule has 0 saturated carbocycles. The van der Waals surface area contributed by atoms with Crippen molar-refractivity contribution in [3.8, 4) is 0 Å². The Kier molecular flexibility index (Phi) is 5.95. The van der Waals surface area contributed by atoms with Gasteiger partial charge in [0.25, 0.3) is 5.91 Å². The monoisotopic (exact) mass is 422 g/mol. The molecule has 9 nitrogen and oxygen atoms in total. The molecule has 158 valence electrons. The van der Waals surface area contributed by atoms with Crippen LogP contribution in [-0.4, -0.2) is 73.9 Å². The molecule has 4 amide bonds. The highest BCUT2D eigenvalue weighted by Crippen LogP contribution is 2.24. The molecule has 1 atom stereocenters. The summed E-state index contributed by atoms with van der Waals surface area (Å²) < 4.78 is 24.5. The van der Waals surface area contributed by atoms with Gasteiger partial charge in [-0.1, -0.05) is 26.0 Å². The van der Waals surface area contributed by atoms with Crippen LogP contribution in [0.4, 0.5) is 10.5 Å². The topological polar surface area (TPSA) is 107 Å². The molecule has 29 heavy (non-hydrogen) atoms. The number of rotatable bonds is 5. The quantitative estimate of drug-likeness (QED) is 0.704. The lowest BCUT2D eigenvalue weighted by Crippen LogP contribution is -2.51. The molecule has 0 aliphatic carbocycles. The number of anilines is 1. The summed E-state index contributed by atoms with van der Waals surface area (Å²) in [7, 11) is -3.28. The van der Waals surface area contributed by atoms with Crippen molar-refractivity contribution in [2.45, 2.75) is 32.2 Å². The van der Waals surface area contributed by atoms with Gasteiger partial charge < -0.3 is 10.2 Å². The van der Waals surface area contributed by atoms with Crippen molar-refractivity contribution in [3.05, 3.63) is 29.8 Å². The van der Waals surface area contributed by atoms with Crippen LogP contribution in [0.25, 0.3) is 0 Å². The summed E-state index contributed by atoms with van der Waals surface area (Å²) in [5.74, 6) is -0.412. The fourth-order valence-corrected chi connectivity index (χ4v) is 4.32. The van der Waals surface area contributed by atoms with Crippen molar-refractivity contribution < 1.29 is 22.8 Å². The highest BCUT2D eigenvalue weighted by Gasteiger charge is 2.41. The van der Waals surface area contributed by atoms with Crippen LogP contribution >= 0.6 is 0 Å². The number of benzene rings is 1. The van der Waals surface area contributed by atoms with Gasteiger partial charge in [-0.15, -0.1) is 0 Å². The molecule has 1 aromatic rings. The van der Waals surface area contributed by atoms with E-state index in [2.05, 4.69) is 19.2 Å². The second-order valence-corrected chi connectivity index (χ2v) is 9.65. The van der Waals surface area contributed by atoms with Crippen molar-refractivity contribution in [2.75, 3.05) is 37.3 Å². The Morgan fingerprint density at radius 2 is 1.69 bits per heavy atom. The van der Waals surface area contributed by atoms with E-state index in [1.165, 1.54) is 9.21 Å². The largest absolute Gasteiger partial charge is 0.340 e. The van der Waals surface area contributed by atoms with E-state index in [0.717, 1.165) is 16.7 Å². The molecule has 0 radical (unpaired) electrons. The van der Waals surface area contributed by atoms with Gasteiger partial charge in [-0.25, -0.2) is 18.1 Å². The molecule has 0 spiro atoms. The molecule has 1 unspecified atom stereocenters. The lowest BCUT2D eigenvalue weighted by atomic mass is 10.0. The summed E-state index contributed by atoms with van der Waals surface area (Å²) in [6.07, 6.45) is 0.990. The average molecular weight is 423 g/mol. The molecule has 2 aliphatic rings. The van der Waals surface area contributed by atoms with Gasteiger partial charge in [0.1, 0.15) is 6.04 Å². The minimum Gasteiger partial charge on any atom is -0.340 e. The fraction of sp³-hybridized carbons (Fsp3) is 0.526. The van der Waals surface area contributed by atoms with Crippen molar-refractivity contribution in [1.29, 1.82) is 0 Å².